The van der Waals surface area contributed by atoms with E-state index in [9.17, 15) is 4.79 Å². The second-order valence-electron chi connectivity index (χ2n) is 5.81. The van der Waals surface area contributed by atoms with Gasteiger partial charge in [-0.05, 0) is 30.3 Å². The number of fused-ring (bicyclic) bond motifs is 1. The van der Waals surface area contributed by atoms with Gasteiger partial charge in [0.2, 0.25) is 5.89 Å². The van der Waals surface area contributed by atoms with Crippen molar-refractivity contribution in [3.05, 3.63) is 60.4 Å². The molecule has 0 radical (unpaired) electrons. The molecule has 2 aromatic heterocycles. The minimum atomic E-state index is -0.260. The van der Waals surface area contributed by atoms with Crippen molar-refractivity contribution in [3.63, 3.8) is 0 Å². The molecule has 0 saturated heterocycles. The molecule has 1 N–H and O–H groups in total. The fourth-order valence-electron chi connectivity index (χ4n) is 2.69. The zero-order valence-corrected chi connectivity index (χ0v) is 14.2. The third kappa shape index (κ3) is 3.28. The zero-order chi connectivity index (χ0) is 18.6. The van der Waals surface area contributed by atoms with Crippen LogP contribution in [0.1, 0.15) is 16.8 Å². The summed E-state index contributed by atoms with van der Waals surface area (Å²) in [4.78, 5) is 16.7. The summed E-state index contributed by atoms with van der Waals surface area (Å²) in [6.07, 6.45) is 1.77. The fraction of sp³-hybridized carbons (Fsp3) is 0.100. The third-order valence-electron chi connectivity index (χ3n) is 4.02. The van der Waals surface area contributed by atoms with Crippen molar-refractivity contribution < 1.29 is 13.7 Å². The Bertz CT molecular complexity index is 1140. The van der Waals surface area contributed by atoms with E-state index in [4.69, 9.17) is 14.2 Å². The number of nitriles is 1. The highest BCUT2D eigenvalue weighted by Gasteiger charge is 2.17. The molecule has 2 aromatic carbocycles. The lowest BCUT2D eigenvalue weighted by Gasteiger charge is -2.02. The van der Waals surface area contributed by atoms with Gasteiger partial charge >= 0.3 is 0 Å². The van der Waals surface area contributed by atoms with Gasteiger partial charge < -0.3 is 14.3 Å². The van der Waals surface area contributed by atoms with Crippen LogP contribution >= 0.6 is 0 Å². The minimum absolute atomic E-state index is 0.258. The maximum atomic E-state index is 12.2. The lowest BCUT2D eigenvalue weighted by Crippen LogP contribution is -2.24. The lowest BCUT2D eigenvalue weighted by molar-refractivity contribution is 0.0954. The number of carbonyl (C=O) groups is 1. The zero-order valence-electron chi connectivity index (χ0n) is 14.2. The molecule has 132 valence electrons. The molecule has 7 nitrogen and oxygen atoms in total. The molecule has 4 rings (SSSR count). The van der Waals surface area contributed by atoms with E-state index in [1.165, 1.54) is 6.26 Å². The molecular formula is C20H14N4O3. The van der Waals surface area contributed by atoms with Crippen LogP contribution in [0.15, 0.2) is 63.7 Å². The molecule has 27 heavy (non-hydrogen) atoms. The molecule has 0 atom stereocenters. The Morgan fingerprint density at radius 2 is 2.04 bits per heavy atom. The van der Waals surface area contributed by atoms with Crippen molar-refractivity contribution in [1.82, 2.24) is 15.5 Å². The molecule has 7 heteroatoms. The highest BCUT2D eigenvalue weighted by atomic mass is 16.5. The number of hydrogen-bond donors (Lipinski definition) is 1. The van der Waals surface area contributed by atoms with Gasteiger partial charge in [0.05, 0.1) is 17.9 Å². The number of aromatic nitrogens is 2. The van der Waals surface area contributed by atoms with Gasteiger partial charge in [0.15, 0.2) is 5.58 Å². The summed E-state index contributed by atoms with van der Waals surface area (Å²) < 4.78 is 10.9. The van der Waals surface area contributed by atoms with E-state index in [0.29, 0.717) is 40.4 Å². The Kier molecular flexibility index (Phi) is 4.37. The predicted octanol–water partition coefficient (Wildman–Crippen LogP) is 3.79. The summed E-state index contributed by atoms with van der Waals surface area (Å²) in [6.45, 7) is 0.299. The van der Waals surface area contributed by atoms with Crippen LogP contribution in [0.5, 0.6) is 0 Å². The first-order valence-corrected chi connectivity index (χ1v) is 8.32. The number of hydrogen-bond acceptors (Lipinski definition) is 6. The van der Waals surface area contributed by atoms with Gasteiger partial charge in [0.25, 0.3) is 5.91 Å². The van der Waals surface area contributed by atoms with Crippen molar-refractivity contribution in [1.29, 1.82) is 5.26 Å². The largest absolute Gasteiger partial charge is 0.444 e. The lowest BCUT2D eigenvalue weighted by atomic mass is 10.1. The van der Waals surface area contributed by atoms with Crippen molar-refractivity contribution >= 4 is 16.9 Å². The highest BCUT2D eigenvalue weighted by molar-refractivity contribution is 6.00. The molecule has 4 aromatic rings. The summed E-state index contributed by atoms with van der Waals surface area (Å²) >= 11 is 0. The number of rotatable bonds is 5. The minimum Gasteiger partial charge on any atom is -0.444 e. The number of carbonyl (C=O) groups excluding carboxylic acids is 1. The number of amides is 1. The van der Waals surface area contributed by atoms with E-state index in [-0.39, 0.29) is 12.3 Å². The van der Waals surface area contributed by atoms with Gasteiger partial charge in [-0.15, -0.1) is 0 Å². The second-order valence-corrected chi connectivity index (χ2v) is 5.81. The van der Waals surface area contributed by atoms with E-state index in [1.807, 2.05) is 36.4 Å². The SMILES string of the molecule is N#CCCNC(=O)c1ccc2onc(-c3coc(-c4ccccc4)n3)c2c1. The summed E-state index contributed by atoms with van der Waals surface area (Å²) in [5.41, 5.74) is 2.88. The maximum absolute atomic E-state index is 12.2. The van der Waals surface area contributed by atoms with Crippen LogP contribution in [-0.2, 0) is 0 Å². The van der Waals surface area contributed by atoms with Gasteiger partial charge in [0.1, 0.15) is 17.7 Å². The average Bonchev–Trinajstić information content (AvgIpc) is 3.35. The number of benzene rings is 2. The maximum Gasteiger partial charge on any atom is 0.251 e. The van der Waals surface area contributed by atoms with Gasteiger partial charge in [0, 0.05) is 17.7 Å². The molecule has 1 amide bonds. The molecule has 0 unspecified atom stereocenters. The first-order valence-electron chi connectivity index (χ1n) is 8.32. The average molecular weight is 358 g/mol. The molecule has 0 fully saturated rings. The van der Waals surface area contributed by atoms with Crippen molar-refractivity contribution in [2.45, 2.75) is 6.42 Å². The standard InChI is InChI=1S/C20H14N4O3/c21-9-4-10-22-19(25)14-7-8-17-15(11-14)18(24-27-17)16-12-26-20(23-16)13-5-2-1-3-6-13/h1-3,5-8,11-12H,4,10H2,(H,22,25). The Labute approximate surface area is 154 Å². The van der Waals surface area contributed by atoms with Gasteiger partial charge in [-0.2, -0.15) is 5.26 Å². The topological polar surface area (TPSA) is 105 Å². The van der Waals surface area contributed by atoms with Crippen molar-refractivity contribution in [3.8, 4) is 28.9 Å². The van der Waals surface area contributed by atoms with E-state index < -0.39 is 0 Å². The Morgan fingerprint density at radius 1 is 1.19 bits per heavy atom. The Morgan fingerprint density at radius 3 is 2.85 bits per heavy atom. The Balaban J connectivity index is 1.67. The van der Waals surface area contributed by atoms with Crippen LogP contribution in [0, 0.1) is 11.3 Å². The smallest absolute Gasteiger partial charge is 0.251 e. The van der Waals surface area contributed by atoms with Gasteiger partial charge in [-0.3, -0.25) is 4.79 Å². The molecule has 2 heterocycles. The normalized spacial score (nSPS) is 10.6. The predicted molar refractivity (Wildman–Crippen MR) is 97.5 cm³/mol. The van der Waals surface area contributed by atoms with E-state index in [0.717, 1.165) is 5.56 Å². The molecule has 0 saturated carbocycles. The first kappa shape index (κ1) is 16.5. The quantitative estimate of drug-likeness (QED) is 0.544. The van der Waals surface area contributed by atoms with Crippen LogP contribution < -0.4 is 5.32 Å². The summed E-state index contributed by atoms with van der Waals surface area (Å²) in [5, 5.41) is 16.0. The molecule has 0 aliphatic rings. The second kappa shape index (κ2) is 7.14. The van der Waals surface area contributed by atoms with Crippen LogP contribution in [-0.4, -0.2) is 22.6 Å². The van der Waals surface area contributed by atoms with E-state index in [2.05, 4.69) is 15.5 Å². The molecule has 0 bridgehead atoms. The van der Waals surface area contributed by atoms with Crippen LogP contribution in [0.3, 0.4) is 0 Å². The first-order chi connectivity index (χ1) is 13.3. The van der Waals surface area contributed by atoms with Crippen molar-refractivity contribution in [2.75, 3.05) is 6.54 Å². The fourth-order valence-corrected chi connectivity index (χ4v) is 2.69. The summed E-state index contributed by atoms with van der Waals surface area (Å²) in [7, 11) is 0. The van der Waals surface area contributed by atoms with E-state index >= 15 is 0 Å². The summed E-state index contributed by atoms with van der Waals surface area (Å²) in [6, 6.07) is 16.5. The summed E-state index contributed by atoms with van der Waals surface area (Å²) in [5.74, 6) is 0.219. The van der Waals surface area contributed by atoms with Crippen molar-refractivity contribution in [2.24, 2.45) is 0 Å². The molecular weight excluding hydrogens is 344 g/mol. The monoisotopic (exact) mass is 358 g/mol. The van der Waals surface area contributed by atoms with Crippen LogP contribution in [0.2, 0.25) is 0 Å². The Hall–Kier alpha value is -3.92. The molecule has 0 aliphatic heterocycles. The highest BCUT2D eigenvalue weighted by Crippen LogP contribution is 2.30. The molecule has 0 spiro atoms. The number of nitrogens with zero attached hydrogens (tertiary/aromatic N) is 3. The molecule has 0 aliphatic carbocycles. The van der Waals surface area contributed by atoms with Gasteiger partial charge in [-0.1, -0.05) is 23.4 Å². The van der Waals surface area contributed by atoms with Crippen LogP contribution in [0.25, 0.3) is 33.8 Å². The van der Waals surface area contributed by atoms with E-state index in [1.54, 1.807) is 18.2 Å². The van der Waals surface area contributed by atoms with Crippen LogP contribution in [0.4, 0.5) is 0 Å². The van der Waals surface area contributed by atoms with Gasteiger partial charge in [-0.25, -0.2) is 4.98 Å². The number of nitrogens with one attached hydrogen (secondary N) is 1. The third-order valence-corrected chi connectivity index (χ3v) is 4.02. The number of oxazole rings is 1.